The van der Waals surface area contributed by atoms with Gasteiger partial charge in [0.15, 0.2) is 0 Å². The number of ether oxygens (including phenoxy) is 2. The van der Waals surface area contributed by atoms with Crippen molar-refractivity contribution in [2.45, 2.75) is 18.4 Å². The smallest absolute Gasteiger partial charge is 0.409 e. The monoisotopic (exact) mass is 337 g/mol. The van der Waals surface area contributed by atoms with E-state index in [0.717, 1.165) is 6.07 Å². The van der Waals surface area contributed by atoms with E-state index in [1.165, 1.54) is 13.2 Å². The van der Waals surface area contributed by atoms with Crippen molar-refractivity contribution < 1.29 is 28.6 Å². The predicted octanol–water partition coefficient (Wildman–Crippen LogP) is 1.73. The highest BCUT2D eigenvalue weighted by Crippen LogP contribution is 2.33. The Morgan fingerprint density at radius 3 is 2.79 bits per heavy atom. The molecule has 1 saturated heterocycles. The lowest BCUT2D eigenvalue weighted by molar-refractivity contribution is -0.139. The molecule has 0 spiro atoms. The molecule has 1 fully saturated rings. The summed E-state index contributed by atoms with van der Waals surface area (Å²) in [6, 6.07) is 4.51. The van der Waals surface area contributed by atoms with E-state index in [1.54, 1.807) is 0 Å². The van der Waals surface area contributed by atoms with Crippen LogP contribution in [0.25, 0.3) is 0 Å². The number of rotatable bonds is 7. The summed E-state index contributed by atoms with van der Waals surface area (Å²) >= 11 is 0. The molecule has 1 unspecified atom stereocenters. The van der Waals surface area contributed by atoms with Crippen molar-refractivity contribution in [3.05, 3.63) is 23.5 Å². The summed E-state index contributed by atoms with van der Waals surface area (Å²) in [6.45, 7) is 0.593. The van der Waals surface area contributed by atoms with Gasteiger partial charge in [0.05, 0.1) is 38.3 Å². The predicted molar refractivity (Wildman–Crippen MR) is 81.2 cm³/mol. The zero-order valence-corrected chi connectivity index (χ0v) is 12.9. The van der Waals surface area contributed by atoms with Gasteiger partial charge in [-0.05, 0) is 17.7 Å². The van der Waals surface area contributed by atoms with Crippen molar-refractivity contribution in [2.75, 3.05) is 30.9 Å². The van der Waals surface area contributed by atoms with Gasteiger partial charge in [0, 0.05) is 6.54 Å². The van der Waals surface area contributed by atoms with Crippen molar-refractivity contribution in [2.24, 2.45) is 0 Å². The molecule has 24 heavy (non-hydrogen) atoms. The standard InChI is InChI=1S/C15H16FN3O5/c1-23-12(20)6-9-4-10(16)13(19-14(21)22)11(5-9)18-7-15(2-3-17)8-24-15/h4-5,18-19H,2,6-8H2,1H3,(H,21,22). The minimum atomic E-state index is -1.42. The van der Waals surface area contributed by atoms with E-state index in [-0.39, 0.29) is 30.8 Å². The van der Waals surface area contributed by atoms with E-state index in [9.17, 15) is 14.0 Å². The van der Waals surface area contributed by atoms with Crippen LogP contribution in [0.1, 0.15) is 12.0 Å². The number of nitriles is 1. The van der Waals surface area contributed by atoms with E-state index < -0.39 is 23.5 Å². The van der Waals surface area contributed by atoms with Crippen LogP contribution >= 0.6 is 0 Å². The number of halogens is 1. The van der Waals surface area contributed by atoms with E-state index in [4.69, 9.17) is 15.1 Å². The normalized spacial score (nSPS) is 18.4. The number of esters is 1. The second kappa shape index (κ2) is 7.14. The van der Waals surface area contributed by atoms with Crippen molar-refractivity contribution in [3.63, 3.8) is 0 Å². The van der Waals surface area contributed by atoms with Crippen LogP contribution in [0.5, 0.6) is 0 Å². The number of carbonyl (C=O) groups excluding carboxylic acids is 1. The number of benzene rings is 1. The van der Waals surface area contributed by atoms with E-state index in [2.05, 4.69) is 10.1 Å². The summed E-state index contributed by atoms with van der Waals surface area (Å²) in [5, 5.41) is 22.5. The van der Waals surface area contributed by atoms with Crippen LogP contribution in [0.4, 0.5) is 20.6 Å². The Morgan fingerprint density at radius 2 is 2.25 bits per heavy atom. The van der Waals surface area contributed by atoms with E-state index in [0.29, 0.717) is 12.2 Å². The molecule has 0 aliphatic carbocycles. The highest BCUT2D eigenvalue weighted by atomic mass is 19.1. The van der Waals surface area contributed by atoms with Crippen LogP contribution in [0.15, 0.2) is 12.1 Å². The van der Waals surface area contributed by atoms with Gasteiger partial charge >= 0.3 is 12.1 Å². The lowest BCUT2D eigenvalue weighted by atomic mass is 10.1. The van der Waals surface area contributed by atoms with Crippen LogP contribution in [-0.2, 0) is 20.7 Å². The van der Waals surface area contributed by atoms with Crippen molar-refractivity contribution in [1.82, 2.24) is 0 Å². The van der Waals surface area contributed by atoms with Gasteiger partial charge in [0.1, 0.15) is 17.1 Å². The summed E-state index contributed by atoms with van der Waals surface area (Å²) in [7, 11) is 1.22. The molecule has 1 aliphatic heterocycles. The third kappa shape index (κ3) is 4.33. The molecule has 0 aromatic heterocycles. The first kappa shape index (κ1) is 17.5. The molecule has 1 aromatic rings. The van der Waals surface area contributed by atoms with Gasteiger partial charge in [0.25, 0.3) is 0 Å². The average Bonchev–Trinajstić information content (AvgIpc) is 3.28. The van der Waals surface area contributed by atoms with Gasteiger partial charge in [-0.25, -0.2) is 9.18 Å². The highest BCUT2D eigenvalue weighted by Gasteiger charge is 2.44. The first-order valence-corrected chi connectivity index (χ1v) is 7.03. The van der Waals surface area contributed by atoms with E-state index in [1.807, 2.05) is 11.4 Å². The van der Waals surface area contributed by atoms with E-state index >= 15 is 0 Å². The maximum atomic E-state index is 14.2. The lowest BCUT2D eigenvalue weighted by Crippen LogP contribution is -2.24. The number of nitrogens with zero attached hydrogens (tertiary/aromatic N) is 1. The first-order valence-electron chi connectivity index (χ1n) is 7.03. The van der Waals surface area contributed by atoms with Crippen molar-refractivity contribution in [1.29, 1.82) is 5.26 Å². The van der Waals surface area contributed by atoms with Gasteiger partial charge in [-0.15, -0.1) is 0 Å². The van der Waals surface area contributed by atoms with Crippen LogP contribution in [0, 0.1) is 17.1 Å². The summed E-state index contributed by atoms with van der Waals surface area (Å²) in [6.07, 6.45) is -1.42. The minimum Gasteiger partial charge on any atom is -0.469 e. The van der Waals surface area contributed by atoms with Gasteiger partial charge in [-0.3, -0.25) is 10.1 Å². The molecule has 0 saturated carbocycles. The molecular formula is C15H16FN3O5. The molecule has 0 bridgehead atoms. The van der Waals surface area contributed by atoms with Crippen molar-refractivity contribution in [3.8, 4) is 6.07 Å². The lowest BCUT2D eigenvalue weighted by Gasteiger charge is -2.16. The molecular weight excluding hydrogens is 321 g/mol. The molecule has 2 rings (SSSR count). The maximum absolute atomic E-state index is 14.2. The van der Waals surface area contributed by atoms with Gasteiger partial charge < -0.3 is 19.9 Å². The summed E-state index contributed by atoms with van der Waals surface area (Å²) in [5.74, 6) is -1.38. The Balaban J connectivity index is 2.25. The second-order valence-corrected chi connectivity index (χ2v) is 5.34. The number of anilines is 2. The maximum Gasteiger partial charge on any atom is 0.409 e. The molecule has 9 heteroatoms. The topological polar surface area (TPSA) is 124 Å². The number of amides is 1. The largest absolute Gasteiger partial charge is 0.469 e. The molecule has 3 N–H and O–H groups in total. The highest BCUT2D eigenvalue weighted by molar-refractivity contribution is 5.89. The quantitative estimate of drug-likeness (QED) is 0.511. The number of hydrogen-bond donors (Lipinski definition) is 3. The Hall–Kier alpha value is -2.86. The first-order chi connectivity index (χ1) is 11.4. The summed E-state index contributed by atoms with van der Waals surface area (Å²) in [4.78, 5) is 22.2. The molecule has 1 amide bonds. The number of carboxylic acid groups (broad SMARTS) is 1. The number of methoxy groups -OCH3 is 1. The zero-order chi connectivity index (χ0) is 17.7. The molecule has 1 aliphatic rings. The van der Waals surface area contributed by atoms with Gasteiger partial charge in [-0.2, -0.15) is 5.26 Å². The second-order valence-electron chi connectivity index (χ2n) is 5.34. The fourth-order valence-electron chi connectivity index (χ4n) is 2.15. The number of carbonyl (C=O) groups is 2. The third-order valence-electron chi connectivity index (χ3n) is 3.51. The van der Waals surface area contributed by atoms with Gasteiger partial charge in [-0.1, -0.05) is 0 Å². The Kier molecular flexibility index (Phi) is 5.21. The summed E-state index contributed by atoms with van der Waals surface area (Å²) < 4.78 is 24.0. The number of epoxide rings is 1. The van der Waals surface area contributed by atoms with Crippen LogP contribution < -0.4 is 10.6 Å². The zero-order valence-electron chi connectivity index (χ0n) is 12.9. The Labute approximate surface area is 137 Å². The molecule has 0 radical (unpaired) electrons. The SMILES string of the molecule is COC(=O)Cc1cc(F)c(NC(=O)O)c(NCC2(CC#N)CO2)c1. The average molecular weight is 337 g/mol. The van der Waals surface area contributed by atoms with Crippen molar-refractivity contribution >= 4 is 23.4 Å². The molecule has 1 atom stereocenters. The molecule has 8 nitrogen and oxygen atoms in total. The molecule has 128 valence electrons. The fraction of sp³-hybridized carbons (Fsp3) is 0.400. The van der Waals surface area contributed by atoms with Crippen LogP contribution in [0.2, 0.25) is 0 Å². The number of nitrogens with one attached hydrogen (secondary N) is 2. The Morgan fingerprint density at radius 1 is 1.54 bits per heavy atom. The Bertz CT molecular complexity index is 697. The van der Waals surface area contributed by atoms with Crippen LogP contribution in [-0.4, -0.2) is 43.0 Å². The number of hydrogen-bond acceptors (Lipinski definition) is 6. The third-order valence-corrected chi connectivity index (χ3v) is 3.51. The minimum absolute atomic E-state index is 0.157. The summed E-state index contributed by atoms with van der Waals surface area (Å²) in [5.41, 5.74) is -0.429. The molecule has 1 heterocycles. The van der Waals surface area contributed by atoms with Crippen LogP contribution in [0.3, 0.4) is 0 Å². The van der Waals surface area contributed by atoms with Gasteiger partial charge in [0.2, 0.25) is 0 Å². The fourth-order valence-corrected chi connectivity index (χ4v) is 2.15. The molecule has 1 aromatic carbocycles.